The Labute approximate surface area is 255 Å². The monoisotopic (exact) mass is 611 g/mol. The molecular formula is C33H42ClN3O4S. The van der Waals surface area contributed by atoms with E-state index in [2.05, 4.69) is 12.2 Å². The average molecular weight is 612 g/mol. The predicted molar refractivity (Wildman–Crippen MR) is 171 cm³/mol. The van der Waals surface area contributed by atoms with Crippen molar-refractivity contribution in [3.63, 3.8) is 0 Å². The zero-order valence-electron chi connectivity index (χ0n) is 25.0. The lowest BCUT2D eigenvalue weighted by molar-refractivity contribution is -0.141. The second-order valence-corrected chi connectivity index (χ2v) is 13.1. The van der Waals surface area contributed by atoms with Crippen molar-refractivity contribution in [3.8, 4) is 0 Å². The number of aryl methyl sites for hydroxylation is 2. The van der Waals surface area contributed by atoms with Crippen molar-refractivity contribution in [3.05, 3.63) is 100 Å². The van der Waals surface area contributed by atoms with Crippen LogP contribution in [-0.2, 0) is 32.6 Å². The van der Waals surface area contributed by atoms with Gasteiger partial charge in [-0.1, -0.05) is 79.5 Å². The molecular weight excluding hydrogens is 570 g/mol. The highest BCUT2D eigenvalue weighted by Crippen LogP contribution is 2.25. The maximum absolute atomic E-state index is 13.9. The molecule has 0 unspecified atom stereocenters. The highest BCUT2D eigenvalue weighted by molar-refractivity contribution is 7.92. The van der Waals surface area contributed by atoms with Crippen LogP contribution in [0.1, 0.15) is 54.9 Å². The molecule has 0 radical (unpaired) electrons. The summed E-state index contributed by atoms with van der Waals surface area (Å²) in [5.41, 5.74) is 4.15. The first kappa shape index (κ1) is 33.1. The van der Waals surface area contributed by atoms with E-state index >= 15 is 0 Å². The molecule has 0 bridgehead atoms. The fraction of sp³-hybridized carbons (Fsp3) is 0.394. The molecule has 0 fully saturated rings. The van der Waals surface area contributed by atoms with Gasteiger partial charge in [0.05, 0.1) is 11.9 Å². The minimum atomic E-state index is -3.58. The summed E-state index contributed by atoms with van der Waals surface area (Å²) in [6, 6.07) is 21.8. The van der Waals surface area contributed by atoms with Crippen molar-refractivity contribution in [2.45, 2.75) is 65.5 Å². The van der Waals surface area contributed by atoms with Crippen LogP contribution in [0.2, 0.25) is 5.02 Å². The van der Waals surface area contributed by atoms with E-state index in [1.165, 1.54) is 10.6 Å². The molecule has 0 spiro atoms. The molecule has 1 N–H and O–H groups in total. The molecule has 0 aliphatic rings. The van der Waals surface area contributed by atoms with Crippen LogP contribution in [0.3, 0.4) is 0 Å². The average Bonchev–Trinajstić information content (AvgIpc) is 2.94. The Hall–Kier alpha value is -3.36. The van der Waals surface area contributed by atoms with Gasteiger partial charge in [0.15, 0.2) is 0 Å². The molecule has 3 rings (SSSR count). The van der Waals surface area contributed by atoms with Crippen LogP contribution < -0.4 is 9.62 Å². The van der Waals surface area contributed by atoms with Crippen molar-refractivity contribution in [1.29, 1.82) is 0 Å². The molecule has 9 heteroatoms. The van der Waals surface area contributed by atoms with Crippen LogP contribution in [0.4, 0.5) is 5.69 Å². The number of anilines is 1. The van der Waals surface area contributed by atoms with E-state index in [1.807, 2.05) is 74.5 Å². The molecule has 0 aliphatic carbocycles. The lowest BCUT2D eigenvalue weighted by Crippen LogP contribution is -2.50. The van der Waals surface area contributed by atoms with E-state index in [0.717, 1.165) is 35.1 Å². The Bertz CT molecular complexity index is 1450. The first-order chi connectivity index (χ1) is 20.0. The first-order valence-electron chi connectivity index (χ1n) is 14.4. The Morgan fingerprint density at radius 1 is 0.929 bits per heavy atom. The number of nitrogens with one attached hydrogen (secondary N) is 1. The number of hydrogen-bond donors (Lipinski definition) is 1. The van der Waals surface area contributed by atoms with Gasteiger partial charge in [-0.2, -0.15) is 0 Å². The second-order valence-electron chi connectivity index (χ2n) is 10.7. The van der Waals surface area contributed by atoms with Crippen molar-refractivity contribution in [2.75, 3.05) is 23.7 Å². The molecule has 3 aromatic carbocycles. The lowest BCUT2D eigenvalue weighted by atomic mass is 10.0. The van der Waals surface area contributed by atoms with E-state index in [9.17, 15) is 18.0 Å². The second kappa shape index (κ2) is 15.8. The van der Waals surface area contributed by atoms with Gasteiger partial charge in [0, 0.05) is 37.5 Å². The lowest BCUT2D eigenvalue weighted by Gasteiger charge is -2.32. The van der Waals surface area contributed by atoms with Crippen LogP contribution in [0, 0.1) is 13.8 Å². The summed E-state index contributed by atoms with van der Waals surface area (Å²) in [6.07, 6.45) is 3.67. The van der Waals surface area contributed by atoms with Crippen LogP contribution in [0.5, 0.6) is 0 Å². The molecule has 0 saturated heterocycles. The number of hydrogen-bond acceptors (Lipinski definition) is 4. The summed E-state index contributed by atoms with van der Waals surface area (Å²) < 4.78 is 26.9. The van der Waals surface area contributed by atoms with Gasteiger partial charge in [-0.25, -0.2) is 8.42 Å². The molecule has 226 valence electrons. The normalized spacial score (nSPS) is 12.0. The van der Waals surface area contributed by atoms with E-state index in [1.54, 1.807) is 17.0 Å². The molecule has 7 nitrogen and oxygen atoms in total. The summed E-state index contributed by atoms with van der Waals surface area (Å²) in [7, 11) is -3.58. The topological polar surface area (TPSA) is 86.8 Å². The highest BCUT2D eigenvalue weighted by atomic mass is 35.5. The molecule has 0 heterocycles. The Morgan fingerprint density at radius 3 is 2.31 bits per heavy atom. The van der Waals surface area contributed by atoms with Crippen molar-refractivity contribution in [1.82, 2.24) is 10.2 Å². The molecule has 42 heavy (non-hydrogen) atoms. The third-order valence-electron chi connectivity index (χ3n) is 7.13. The van der Waals surface area contributed by atoms with Gasteiger partial charge in [0.25, 0.3) is 0 Å². The molecule has 0 aliphatic heterocycles. The van der Waals surface area contributed by atoms with Crippen molar-refractivity contribution >= 4 is 39.1 Å². The van der Waals surface area contributed by atoms with Gasteiger partial charge in [-0.05, 0) is 67.1 Å². The van der Waals surface area contributed by atoms with Gasteiger partial charge >= 0.3 is 0 Å². The number of unbranched alkanes of at least 4 members (excludes halogenated alkanes) is 1. The van der Waals surface area contributed by atoms with Gasteiger partial charge < -0.3 is 10.2 Å². The fourth-order valence-electron chi connectivity index (χ4n) is 4.86. The molecule has 2 amide bonds. The van der Waals surface area contributed by atoms with E-state index < -0.39 is 16.1 Å². The highest BCUT2D eigenvalue weighted by Gasteiger charge is 2.30. The number of nitrogens with zero attached hydrogens (tertiary/aromatic N) is 2. The number of benzene rings is 3. The van der Waals surface area contributed by atoms with Gasteiger partial charge in [0.1, 0.15) is 6.04 Å². The summed E-state index contributed by atoms with van der Waals surface area (Å²) in [5, 5.41) is 3.56. The molecule has 0 saturated carbocycles. The number of amides is 2. The minimum Gasteiger partial charge on any atom is -0.354 e. The Balaban J connectivity index is 1.89. The molecule has 0 aromatic heterocycles. The predicted octanol–water partition coefficient (Wildman–Crippen LogP) is 6.06. The van der Waals surface area contributed by atoms with E-state index in [0.29, 0.717) is 30.1 Å². The third-order valence-corrected chi connectivity index (χ3v) is 8.54. The van der Waals surface area contributed by atoms with Crippen LogP contribution in [-0.4, -0.2) is 50.5 Å². The fourth-order valence-corrected chi connectivity index (χ4v) is 6.09. The number of halogens is 1. The van der Waals surface area contributed by atoms with Crippen LogP contribution >= 0.6 is 11.6 Å². The summed E-state index contributed by atoms with van der Waals surface area (Å²) in [5.74, 6) is -0.438. The summed E-state index contributed by atoms with van der Waals surface area (Å²) >= 11 is 6.26. The Morgan fingerprint density at radius 2 is 1.64 bits per heavy atom. The molecule has 1 atom stereocenters. The SMILES string of the molecule is CCCCNC(=O)[C@@H](Cc1ccccc1)N(Cc1cccc(Cl)c1)C(=O)CCCN(c1cc(C)ccc1C)S(C)(=O)=O. The zero-order chi connectivity index (χ0) is 30.7. The van der Waals surface area contributed by atoms with Gasteiger partial charge in [0.2, 0.25) is 21.8 Å². The maximum Gasteiger partial charge on any atom is 0.243 e. The van der Waals surface area contributed by atoms with Crippen LogP contribution in [0.15, 0.2) is 72.8 Å². The van der Waals surface area contributed by atoms with E-state index in [4.69, 9.17) is 11.6 Å². The number of carbonyl (C=O) groups is 2. The van der Waals surface area contributed by atoms with E-state index in [-0.39, 0.29) is 31.3 Å². The molecule has 3 aromatic rings. The van der Waals surface area contributed by atoms with Crippen molar-refractivity contribution < 1.29 is 18.0 Å². The summed E-state index contributed by atoms with van der Waals surface area (Å²) in [6.45, 7) is 6.71. The van der Waals surface area contributed by atoms with Gasteiger partial charge in [-0.15, -0.1) is 0 Å². The quantitative estimate of drug-likeness (QED) is 0.212. The standard InChI is InChI=1S/C33H42ClN3O4S/c1-5-6-19-35-33(39)31(23-27-12-8-7-9-13-27)36(24-28-14-10-15-29(34)22-28)32(38)16-11-20-37(42(4,40)41)30-21-25(2)17-18-26(30)3/h7-10,12-15,17-18,21-22,31H,5-6,11,16,19-20,23-24H2,1-4H3,(H,35,39)/t31-/m1/s1. The number of rotatable bonds is 15. The maximum atomic E-state index is 13.9. The minimum absolute atomic E-state index is 0.0744. The number of sulfonamides is 1. The first-order valence-corrected chi connectivity index (χ1v) is 16.6. The number of carbonyl (C=O) groups excluding carboxylic acids is 2. The summed E-state index contributed by atoms with van der Waals surface area (Å²) in [4.78, 5) is 29.1. The third kappa shape index (κ3) is 9.88. The largest absolute Gasteiger partial charge is 0.354 e. The Kier molecular flexibility index (Phi) is 12.4. The van der Waals surface area contributed by atoms with Crippen LogP contribution in [0.25, 0.3) is 0 Å². The van der Waals surface area contributed by atoms with Crippen molar-refractivity contribution in [2.24, 2.45) is 0 Å². The van der Waals surface area contributed by atoms with Gasteiger partial charge in [-0.3, -0.25) is 13.9 Å². The zero-order valence-corrected chi connectivity index (χ0v) is 26.5. The smallest absolute Gasteiger partial charge is 0.243 e.